The molecule has 1 aliphatic carbocycles. The Kier molecular flexibility index (Phi) is 5.45. The van der Waals surface area contributed by atoms with E-state index in [1.807, 2.05) is 19.1 Å². The molecule has 5 nitrogen and oxygen atoms in total. The topological polar surface area (TPSA) is 67.8 Å². The number of nitrogens with zero attached hydrogens (tertiary/aromatic N) is 1. The van der Waals surface area contributed by atoms with Gasteiger partial charge in [-0.1, -0.05) is 51.3 Å². The molecular weight excluding hydrogens is 348 g/mol. The summed E-state index contributed by atoms with van der Waals surface area (Å²) in [7, 11) is -3.54. The third-order valence-electron chi connectivity index (χ3n) is 5.39. The zero-order valence-corrected chi connectivity index (χ0v) is 17.0. The van der Waals surface area contributed by atoms with Gasteiger partial charge in [0.2, 0.25) is 10.0 Å². The van der Waals surface area contributed by atoms with Gasteiger partial charge in [-0.05, 0) is 37.3 Å². The molecule has 0 amide bonds. The number of hydrogen-bond donors (Lipinski definition) is 1. The number of hydrogen-bond acceptors (Lipinski definition) is 4. The lowest BCUT2D eigenvalue weighted by molar-refractivity contribution is 0.219. The second-order valence-corrected chi connectivity index (χ2v) is 10.3. The van der Waals surface area contributed by atoms with Gasteiger partial charge in [0.15, 0.2) is 5.90 Å². The fourth-order valence-electron chi connectivity index (χ4n) is 3.59. The Labute approximate surface area is 157 Å². The van der Waals surface area contributed by atoms with Crippen molar-refractivity contribution in [1.29, 1.82) is 0 Å². The molecule has 1 N–H and O–H groups in total. The van der Waals surface area contributed by atoms with E-state index in [-0.39, 0.29) is 23.4 Å². The highest BCUT2D eigenvalue weighted by atomic mass is 32.2. The average molecular weight is 379 g/mol. The smallest absolute Gasteiger partial charge is 0.240 e. The summed E-state index contributed by atoms with van der Waals surface area (Å²) in [6, 6.07) is 6.95. The van der Waals surface area contributed by atoms with Crippen molar-refractivity contribution in [1.82, 2.24) is 4.72 Å². The Morgan fingerprint density at radius 1 is 1.12 bits per heavy atom. The molecule has 1 aliphatic heterocycles. The van der Waals surface area contributed by atoms with Crippen LogP contribution in [0.3, 0.4) is 0 Å². The van der Waals surface area contributed by atoms with E-state index in [1.165, 1.54) is 0 Å². The molecule has 144 valence electrons. The quantitative estimate of drug-likeness (QED) is 0.869. The molecule has 2 aliphatic rings. The van der Waals surface area contributed by atoms with Crippen LogP contribution in [0.5, 0.6) is 0 Å². The molecule has 0 spiro atoms. The van der Waals surface area contributed by atoms with Crippen molar-refractivity contribution in [2.75, 3.05) is 6.61 Å². The molecule has 6 heteroatoms. The van der Waals surface area contributed by atoms with Gasteiger partial charge in [0.25, 0.3) is 0 Å². The minimum absolute atomic E-state index is 0.0244. The summed E-state index contributed by atoms with van der Waals surface area (Å²) in [4.78, 5) is 5.12. The van der Waals surface area contributed by atoms with E-state index in [1.54, 1.807) is 12.1 Å². The summed E-state index contributed by atoms with van der Waals surface area (Å²) in [6.45, 7) is 9.01. The normalized spacial score (nSPS) is 27.1. The van der Waals surface area contributed by atoms with Crippen LogP contribution in [-0.4, -0.2) is 33.0 Å². The van der Waals surface area contributed by atoms with Crippen LogP contribution in [0.2, 0.25) is 0 Å². The van der Waals surface area contributed by atoms with Crippen molar-refractivity contribution in [3.63, 3.8) is 0 Å². The number of aliphatic imine (C=N–C) groups is 1. The fraction of sp³-hybridized carbons (Fsp3) is 0.650. The van der Waals surface area contributed by atoms with Gasteiger partial charge < -0.3 is 4.74 Å². The molecule has 0 unspecified atom stereocenters. The minimum atomic E-state index is -3.54. The summed E-state index contributed by atoms with van der Waals surface area (Å²) in [5.41, 5.74) is 1.09. The van der Waals surface area contributed by atoms with E-state index in [0.717, 1.165) is 37.1 Å². The Bertz CT molecular complexity index is 763. The predicted molar refractivity (Wildman–Crippen MR) is 104 cm³/mol. The Morgan fingerprint density at radius 3 is 2.38 bits per heavy atom. The number of aryl methyl sites for hydroxylation is 1. The molecular formula is C20H30N2O3S. The summed E-state index contributed by atoms with van der Waals surface area (Å²) < 4.78 is 34.4. The van der Waals surface area contributed by atoms with Crippen LogP contribution in [0, 0.1) is 18.3 Å². The van der Waals surface area contributed by atoms with Crippen LogP contribution in [0.25, 0.3) is 0 Å². The zero-order chi connectivity index (χ0) is 18.9. The lowest BCUT2D eigenvalue weighted by Gasteiger charge is -2.31. The first-order valence-corrected chi connectivity index (χ1v) is 10.9. The molecule has 1 aromatic rings. The lowest BCUT2D eigenvalue weighted by atomic mass is 9.84. The molecule has 1 saturated carbocycles. The fourth-order valence-corrected chi connectivity index (χ4v) is 4.90. The third kappa shape index (κ3) is 4.29. The highest BCUT2D eigenvalue weighted by Gasteiger charge is 2.38. The van der Waals surface area contributed by atoms with Crippen LogP contribution in [-0.2, 0) is 14.8 Å². The molecule has 0 bridgehead atoms. The molecule has 1 fully saturated rings. The van der Waals surface area contributed by atoms with Gasteiger partial charge in [0.1, 0.15) is 6.61 Å². The van der Waals surface area contributed by atoms with Gasteiger partial charge in [-0.2, -0.15) is 0 Å². The lowest BCUT2D eigenvalue weighted by Crippen LogP contribution is -2.45. The van der Waals surface area contributed by atoms with Crippen LogP contribution in [0.1, 0.15) is 52.0 Å². The monoisotopic (exact) mass is 378 g/mol. The summed E-state index contributed by atoms with van der Waals surface area (Å²) in [6.07, 6.45) is 3.83. The largest absolute Gasteiger partial charge is 0.478 e. The van der Waals surface area contributed by atoms with E-state index < -0.39 is 10.0 Å². The Balaban J connectivity index is 1.78. The van der Waals surface area contributed by atoms with Crippen LogP contribution in [0.15, 0.2) is 34.2 Å². The van der Waals surface area contributed by atoms with Crippen LogP contribution >= 0.6 is 0 Å². The molecule has 26 heavy (non-hydrogen) atoms. The molecule has 0 aromatic heterocycles. The van der Waals surface area contributed by atoms with E-state index in [0.29, 0.717) is 11.5 Å². The number of sulfonamides is 1. The van der Waals surface area contributed by atoms with Gasteiger partial charge in [0, 0.05) is 6.04 Å². The Hall–Kier alpha value is -1.40. The molecule has 3 rings (SSSR count). The van der Waals surface area contributed by atoms with Gasteiger partial charge in [-0.15, -0.1) is 0 Å². The second kappa shape index (κ2) is 7.31. The molecule has 1 aromatic carbocycles. The Morgan fingerprint density at radius 2 is 1.77 bits per heavy atom. The van der Waals surface area contributed by atoms with Gasteiger partial charge >= 0.3 is 0 Å². The van der Waals surface area contributed by atoms with Crippen LogP contribution < -0.4 is 4.72 Å². The van der Waals surface area contributed by atoms with Crippen molar-refractivity contribution < 1.29 is 13.2 Å². The third-order valence-corrected chi connectivity index (χ3v) is 6.90. The first-order chi connectivity index (χ1) is 12.2. The van der Waals surface area contributed by atoms with E-state index in [9.17, 15) is 8.42 Å². The zero-order valence-electron chi connectivity index (χ0n) is 16.2. The number of benzene rings is 1. The van der Waals surface area contributed by atoms with Crippen molar-refractivity contribution in [2.24, 2.45) is 16.3 Å². The molecule has 0 saturated heterocycles. The van der Waals surface area contributed by atoms with Gasteiger partial charge in [0.05, 0.1) is 16.9 Å². The van der Waals surface area contributed by atoms with Gasteiger partial charge in [-0.25, -0.2) is 18.1 Å². The van der Waals surface area contributed by atoms with Crippen molar-refractivity contribution >= 4 is 15.9 Å². The molecule has 1 heterocycles. The maximum absolute atomic E-state index is 12.8. The van der Waals surface area contributed by atoms with Crippen LogP contribution in [0.4, 0.5) is 0 Å². The SMILES string of the molecule is Cc1ccc(S(=O)(=O)N[C@@H]2CCCC[C@@H]2C2=N[C@@H](C(C)(C)C)CO2)cc1. The van der Waals surface area contributed by atoms with E-state index in [4.69, 9.17) is 9.73 Å². The average Bonchev–Trinajstić information content (AvgIpc) is 3.05. The highest BCUT2D eigenvalue weighted by Crippen LogP contribution is 2.33. The number of rotatable bonds is 4. The van der Waals surface area contributed by atoms with Crippen molar-refractivity contribution in [3.8, 4) is 0 Å². The minimum Gasteiger partial charge on any atom is -0.478 e. The number of nitrogens with one attached hydrogen (secondary N) is 1. The first kappa shape index (κ1) is 19.4. The van der Waals surface area contributed by atoms with Gasteiger partial charge in [-0.3, -0.25) is 0 Å². The summed E-state index contributed by atoms with van der Waals surface area (Å²) in [5.74, 6) is 0.762. The van der Waals surface area contributed by atoms with E-state index in [2.05, 4.69) is 25.5 Å². The predicted octanol–water partition coefficient (Wildman–Crippen LogP) is 3.68. The standard InChI is InChI=1S/C20H30N2O3S/c1-14-9-11-15(12-10-14)26(23,24)22-17-8-6-5-7-16(17)19-21-18(13-25-19)20(2,3)4/h9-12,16-18,22H,5-8,13H2,1-4H3/t16-,17+,18+/m0/s1. The van der Waals surface area contributed by atoms with E-state index >= 15 is 0 Å². The highest BCUT2D eigenvalue weighted by molar-refractivity contribution is 7.89. The summed E-state index contributed by atoms with van der Waals surface area (Å²) >= 11 is 0. The first-order valence-electron chi connectivity index (χ1n) is 9.46. The molecule has 0 radical (unpaired) electrons. The second-order valence-electron chi connectivity index (χ2n) is 8.59. The maximum atomic E-state index is 12.8. The van der Waals surface area contributed by atoms with Crippen molar-refractivity contribution in [3.05, 3.63) is 29.8 Å². The number of ether oxygens (including phenoxy) is 1. The van der Waals surface area contributed by atoms with Crippen molar-refractivity contribution in [2.45, 2.75) is 70.4 Å². The maximum Gasteiger partial charge on any atom is 0.240 e. The molecule has 3 atom stereocenters. The summed E-state index contributed by atoms with van der Waals surface area (Å²) in [5, 5.41) is 0.